The number of nitrogens with two attached hydrogens (primary N) is 1. The van der Waals surface area contributed by atoms with E-state index in [4.69, 9.17) is 11.0 Å². The molecule has 0 bridgehead atoms. The lowest BCUT2D eigenvalue weighted by molar-refractivity contribution is 0.542. The minimum atomic E-state index is 0.336. The molecule has 0 amide bonds. The van der Waals surface area contributed by atoms with Crippen LogP contribution in [0.3, 0.4) is 0 Å². The Morgan fingerprint density at radius 1 is 1.50 bits per heavy atom. The molecule has 1 heterocycles. The van der Waals surface area contributed by atoms with Crippen molar-refractivity contribution in [2.24, 2.45) is 0 Å². The zero-order chi connectivity index (χ0) is 10.4. The molecule has 4 heteroatoms. The van der Waals surface area contributed by atoms with Crippen LogP contribution in [0.25, 0.3) is 0 Å². The van der Waals surface area contributed by atoms with Crippen molar-refractivity contribution in [1.29, 1.82) is 5.26 Å². The van der Waals surface area contributed by atoms with E-state index in [1.54, 1.807) is 10.9 Å². The summed E-state index contributed by atoms with van der Waals surface area (Å²) in [5, 5.41) is 12.7. The molecule has 0 fully saturated rings. The van der Waals surface area contributed by atoms with Gasteiger partial charge < -0.3 is 5.73 Å². The number of nitrogen functional groups attached to an aromatic ring is 1. The summed E-state index contributed by atoms with van der Waals surface area (Å²) < 4.78 is 1.75. The van der Waals surface area contributed by atoms with E-state index in [-0.39, 0.29) is 0 Å². The predicted molar refractivity (Wildman–Crippen MR) is 55.5 cm³/mol. The highest BCUT2D eigenvalue weighted by Gasteiger charge is 2.03. The standard InChI is InChI=1S/C10H16N4/c1-2-3-4-5-6-14-8-9(7-11)10(12)13-14/h8H,2-6H2,1H3,(H2,12,13). The molecule has 0 aliphatic heterocycles. The number of aryl methyl sites for hydroxylation is 1. The lowest BCUT2D eigenvalue weighted by Gasteiger charge is -1.99. The van der Waals surface area contributed by atoms with Gasteiger partial charge >= 0.3 is 0 Å². The van der Waals surface area contributed by atoms with Crippen LogP contribution >= 0.6 is 0 Å². The van der Waals surface area contributed by atoms with Gasteiger partial charge in [0.05, 0.1) is 0 Å². The van der Waals surface area contributed by atoms with E-state index in [2.05, 4.69) is 12.0 Å². The number of nitrogens with zero attached hydrogens (tertiary/aromatic N) is 3. The van der Waals surface area contributed by atoms with Crippen LogP contribution in [-0.2, 0) is 6.54 Å². The highest BCUT2D eigenvalue weighted by atomic mass is 15.3. The summed E-state index contributed by atoms with van der Waals surface area (Å²) in [5.41, 5.74) is 6.00. The largest absolute Gasteiger partial charge is 0.381 e. The maximum atomic E-state index is 8.66. The Morgan fingerprint density at radius 2 is 2.29 bits per heavy atom. The molecule has 0 aliphatic carbocycles. The van der Waals surface area contributed by atoms with Gasteiger partial charge in [-0.25, -0.2) is 0 Å². The van der Waals surface area contributed by atoms with E-state index in [1.165, 1.54) is 19.3 Å². The van der Waals surface area contributed by atoms with Gasteiger partial charge in [0, 0.05) is 12.7 Å². The molecule has 0 radical (unpaired) electrons. The van der Waals surface area contributed by atoms with Crippen molar-refractivity contribution in [1.82, 2.24) is 9.78 Å². The van der Waals surface area contributed by atoms with Gasteiger partial charge in [-0.1, -0.05) is 26.2 Å². The van der Waals surface area contributed by atoms with Gasteiger partial charge in [-0.3, -0.25) is 4.68 Å². The molecule has 0 saturated heterocycles. The smallest absolute Gasteiger partial charge is 0.163 e. The van der Waals surface area contributed by atoms with Crippen LogP contribution in [0, 0.1) is 11.3 Å². The number of hydrogen-bond acceptors (Lipinski definition) is 3. The zero-order valence-corrected chi connectivity index (χ0v) is 8.53. The molecule has 0 atom stereocenters. The molecular formula is C10H16N4. The first-order valence-electron chi connectivity index (χ1n) is 5.01. The molecular weight excluding hydrogens is 176 g/mol. The third-order valence-corrected chi connectivity index (χ3v) is 2.15. The molecule has 1 rings (SSSR count). The summed E-state index contributed by atoms with van der Waals surface area (Å²) in [6, 6.07) is 2.01. The predicted octanol–water partition coefficient (Wildman–Crippen LogP) is 1.92. The van der Waals surface area contributed by atoms with Crippen molar-refractivity contribution in [3.63, 3.8) is 0 Å². The SMILES string of the molecule is CCCCCCn1cc(C#N)c(N)n1. The van der Waals surface area contributed by atoms with Gasteiger partial charge in [-0.05, 0) is 6.42 Å². The highest BCUT2D eigenvalue weighted by molar-refractivity contribution is 5.46. The first-order valence-corrected chi connectivity index (χ1v) is 5.01. The number of rotatable bonds is 5. The summed E-state index contributed by atoms with van der Waals surface area (Å²) in [6.45, 7) is 3.03. The second-order valence-electron chi connectivity index (χ2n) is 3.36. The third kappa shape index (κ3) is 2.77. The van der Waals surface area contributed by atoms with Crippen molar-refractivity contribution >= 4 is 5.82 Å². The Bertz CT molecular complexity index is 321. The Morgan fingerprint density at radius 3 is 2.86 bits per heavy atom. The molecule has 14 heavy (non-hydrogen) atoms. The number of hydrogen-bond donors (Lipinski definition) is 1. The van der Waals surface area contributed by atoms with Gasteiger partial charge in [0.15, 0.2) is 5.82 Å². The molecule has 0 saturated carbocycles. The Balaban J connectivity index is 2.40. The van der Waals surface area contributed by atoms with Gasteiger partial charge in [0.2, 0.25) is 0 Å². The zero-order valence-electron chi connectivity index (χ0n) is 8.53. The van der Waals surface area contributed by atoms with E-state index >= 15 is 0 Å². The van der Waals surface area contributed by atoms with Crippen LogP contribution in [0.2, 0.25) is 0 Å². The average Bonchev–Trinajstić information content (AvgIpc) is 2.54. The second-order valence-corrected chi connectivity index (χ2v) is 3.36. The minimum absolute atomic E-state index is 0.336. The third-order valence-electron chi connectivity index (χ3n) is 2.15. The fourth-order valence-corrected chi connectivity index (χ4v) is 1.34. The molecule has 0 aliphatic rings. The van der Waals surface area contributed by atoms with Crippen LogP contribution in [0.5, 0.6) is 0 Å². The van der Waals surface area contributed by atoms with E-state index < -0.39 is 0 Å². The Kier molecular flexibility index (Phi) is 3.99. The van der Waals surface area contributed by atoms with Crippen molar-refractivity contribution in [2.75, 3.05) is 5.73 Å². The fraction of sp³-hybridized carbons (Fsp3) is 0.600. The molecule has 0 aromatic carbocycles. The fourth-order valence-electron chi connectivity index (χ4n) is 1.34. The molecule has 76 valence electrons. The molecule has 4 nitrogen and oxygen atoms in total. The summed E-state index contributed by atoms with van der Waals surface area (Å²) in [7, 11) is 0. The van der Waals surface area contributed by atoms with Crippen LogP contribution in [0.15, 0.2) is 6.20 Å². The molecule has 2 N–H and O–H groups in total. The second kappa shape index (κ2) is 5.28. The minimum Gasteiger partial charge on any atom is -0.381 e. The maximum Gasteiger partial charge on any atom is 0.163 e. The van der Waals surface area contributed by atoms with E-state index in [0.29, 0.717) is 11.4 Å². The number of nitriles is 1. The topological polar surface area (TPSA) is 67.6 Å². The van der Waals surface area contributed by atoms with Crippen LogP contribution < -0.4 is 5.73 Å². The Hall–Kier alpha value is -1.50. The first kappa shape index (κ1) is 10.6. The molecule has 1 aromatic heterocycles. The molecule has 0 spiro atoms. The van der Waals surface area contributed by atoms with Crippen LogP contribution in [0.1, 0.15) is 38.2 Å². The summed E-state index contributed by atoms with van der Waals surface area (Å²) >= 11 is 0. The lowest BCUT2D eigenvalue weighted by atomic mass is 10.2. The summed E-state index contributed by atoms with van der Waals surface area (Å²) in [4.78, 5) is 0. The van der Waals surface area contributed by atoms with E-state index in [1.807, 2.05) is 6.07 Å². The lowest BCUT2D eigenvalue weighted by Crippen LogP contribution is -1.99. The summed E-state index contributed by atoms with van der Waals surface area (Å²) in [5.74, 6) is 0.336. The first-order chi connectivity index (χ1) is 6.77. The normalized spacial score (nSPS) is 10.0. The monoisotopic (exact) mass is 192 g/mol. The Labute approximate surface area is 84.3 Å². The van der Waals surface area contributed by atoms with Crippen molar-refractivity contribution in [2.45, 2.75) is 39.2 Å². The maximum absolute atomic E-state index is 8.66. The molecule has 1 aromatic rings. The van der Waals surface area contributed by atoms with Gasteiger partial charge in [-0.15, -0.1) is 0 Å². The number of anilines is 1. The van der Waals surface area contributed by atoms with E-state index in [9.17, 15) is 0 Å². The number of aromatic nitrogens is 2. The summed E-state index contributed by atoms with van der Waals surface area (Å²) in [6.07, 6.45) is 6.49. The van der Waals surface area contributed by atoms with Crippen molar-refractivity contribution in [3.05, 3.63) is 11.8 Å². The van der Waals surface area contributed by atoms with Gasteiger partial charge in [-0.2, -0.15) is 10.4 Å². The van der Waals surface area contributed by atoms with E-state index in [0.717, 1.165) is 13.0 Å². The van der Waals surface area contributed by atoms with Gasteiger partial charge in [0.1, 0.15) is 11.6 Å². The van der Waals surface area contributed by atoms with Crippen molar-refractivity contribution in [3.8, 4) is 6.07 Å². The molecule has 0 unspecified atom stereocenters. The highest BCUT2D eigenvalue weighted by Crippen LogP contribution is 2.08. The van der Waals surface area contributed by atoms with Crippen LogP contribution in [0.4, 0.5) is 5.82 Å². The number of unbranched alkanes of at least 4 members (excludes halogenated alkanes) is 3. The quantitative estimate of drug-likeness (QED) is 0.724. The van der Waals surface area contributed by atoms with Crippen LogP contribution in [-0.4, -0.2) is 9.78 Å². The van der Waals surface area contributed by atoms with Gasteiger partial charge in [0.25, 0.3) is 0 Å². The average molecular weight is 192 g/mol. The van der Waals surface area contributed by atoms with Crippen molar-refractivity contribution < 1.29 is 0 Å².